The van der Waals surface area contributed by atoms with E-state index in [4.69, 9.17) is 11.6 Å². The lowest BCUT2D eigenvalue weighted by molar-refractivity contribution is 0.550. The lowest BCUT2D eigenvalue weighted by Gasteiger charge is -2.11. The van der Waals surface area contributed by atoms with Crippen molar-refractivity contribution in [1.29, 1.82) is 0 Å². The zero-order chi connectivity index (χ0) is 10.3. The number of imidazole rings is 1. The fourth-order valence-corrected chi connectivity index (χ4v) is 2.17. The number of fused-ring (bicyclic) bond motifs is 1. The van der Waals surface area contributed by atoms with Gasteiger partial charge in [-0.3, -0.25) is 0 Å². The molecule has 0 aromatic carbocycles. The maximum Gasteiger partial charge on any atom is 0.182 e. The molecule has 0 bridgehead atoms. The molecule has 5 heteroatoms. The smallest absolute Gasteiger partial charge is 0.182 e. The second-order valence-corrected chi connectivity index (χ2v) is 3.94. The zero-order valence-electron chi connectivity index (χ0n) is 7.97. The van der Waals surface area contributed by atoms with Crippen LogP contribution in [0.3, 0.4) is 0 Å². The van der Waals surface area contributed by atoms with Gasteiger partial charge in [0.1, 0.15) is 11.8 Å². The van der Waals surface area contributed by atoms with Gasteiger partial charge in [-0.25, -0.2) is 15.0 Å². The Labute approximate surface area is 91.6 Å². The Hall–Kier alpha value is -1.42. The molecule has 3 rings (SSSR count). The highest BCUT2D eigenvalue weighted by Gasteiger charge is 2.17. The van der Waals surface area contributed by atoms with Crippen molar-refractivity contribution in [3.8, 4) is 0 Å². The van der Waals surface area contributed by atoms with E-state index in [0.29, 0.717) is 16.8 Å². The summed E-state index contributed by atoms with van der Waals surface area (Å²) in [6, 6.07) is 0.415. The van der Waals surface area contributed by atoms with Gasteiger partial charge in [-0.2, -0.15) is 0 Å². The van der Waals surface area contributed by atoms with Crippen LogP contribution >= 0.6 is 11.6 Å². The van der Waals surface area contributed by atoms with Crippen molar-refractivity contribution in [3.63, 3.8) is 0 Å². The molecule has 4 nitrogen and oxygen atoms in total. The summed E-state index contributed by atoms with van der Waals surface area (Å²) in [5.74, 6) is 0. The topological polar surface area (TPSA) is 43.6 Å². The van der Waals surface area contributed by atoms with E-state index in [9.17, 15) is 0 Å². The second kappa shape index (κ2) is 3.31. The Bertz CT molecular complexity index is 523. The van der Waals surface area contributed by atoms with Crippen molar-refractivity contribution in [2.24, 2.45) is 0 Å². The van der Waals surface area contributed by atoms with Crippen molar-refractivity contribution >= 4 is 22.8 Å². The first-order valence-electron chi connectivity index (χ1n) is 4.84. The number of halogens is 1. The maximum absolute atomic E-state index is 6.05. The Morgan fingerprint density at radius 1 is 1.20 bits per heavy atom. The molecule has 0 fully saturated rings. The van der Waals surface area contributed by atoms with Crippen LogP contribution in [0.5, 0.6) is 0 Å². The summed E-state index contributed by atoms with van der Waals surface area (Å²) >= 11 is 6.05. The van der Waals surface area contributed by atoms with Crippen molar-refractivity contribution in [2.75, 3.05) is 0 Å². The Kier molecular flexibility index (Phi) is 1.95. The molecule has 0 saturated heterocycles. The molecule has 0 radical (unpaired) electrons. The fraction of sp³-hybridized carbons (Fsp3) is 0.300. The van der Waals surface area contributed by atoms with Gasteiger partial charge in [0.2, 0.25) is 0 Å². The first-order valence-corrected chi connectivity index (χ1v) is 5.22. The second-order valence-electron chi connectivity index (χ2n) is 3.59. The average Bonchev–Trinajstić information content (AvgIpc) is 2.85. The summed E-state index contributed by atoms with van der Waals surface area (Å²) in [6.07, 6.45) is 9.63. The minimum absolute atomic E-state index is 0.415. The highest BCUT2D eigenvalue weighted by atomic mass is 35.5. The normalized spacial score (nSPS) is 16.6. The molecule has 15 heavy (non-hydrogen) atoms. The summed E-state index contributed by atoms with van der Waals surface area (Å²) in [5, 5.41) is 0.476. The van der Waals surface area contributed by atoms with Crippen LogP contribution in [0.1, 0.15) is 18.9 Å². The first kappa shape index (κ1) is 8.85. The quantitative estimate of drug-likeness (QED) is 0.548. The predicted octanol–water partition coefficient (Wildman–Crippen LogP) is 2.37. The molecule has 2 aromatic heterocycles. The molecule has 76 valence electrons. The maximum atomic E-state index is 6.05. The van der Waals surface area contributed by atoms with E-state index in [2.05, 4.69) is 31.7 Å². The molecule has 1 aliphatic carbocycles. The van der Waals surface area contributed by atoms with Crippen LogP contribution in [-0.4, -0.2) is 19.5 Å². The minimum Gasteiger partial charge on any atom is -0.323 e. The van der Waals surface area contributed by atoms with Crippen molar-refractivity contribution < 1.29 is 0 Å². The molecule has 2 heterocycles. The number of hydrogen-bond acceptors (Lipinski definition) is 3. The Morgan fingerprint density at radius 2 is 2.00 bits per heavy atom. The molecule has 2 aromatic rings. The van der Waals surface area contributed by atoms with Crippen LogP contribution in [0, 0.1) is 0 Å². The minimum atomic E-state index is 0.415. The molecule has 0 spiro atoms. The molecule has 0 atom stereocenters. The van der Waals surface area contributed by atoms with Gasteiger partial charge in [0.05, 0.1) is 6.33 Å². The van der Waals surface area contributed by atoms with Gasteiger partial charge in [-0.1, -0.05) is 23.8 Å². The Balaban J connectivity index is 2.18. The molecule has 0 unspecified atom stereocenters. The Morgan fingerprint density at radius 3 is 2.80 bits per heavy atom. The molecule has 0 aliphatic heterocycles. The lowest BCUT2D eigenvalue weighted by Crippen LogP contribution is -2.04. The van der Waals surface area contributed by atoms with Crippen LogP contribution in [0.4, 0.5) is 0 Å². The fourth-order valence-electron chi connectivity index (χ4n) is 1.95. The van der Waals surface area contributed by atoms with Gasteiger partial charge in [0.25, 0.3) is 0 Å². The standard InChI is InChI=1S/C10H9ClN4/c11-9-8-10(13-5-12-9)14-6-15(8)7-3-1-2-4-7/h1-2,5-7H,3-4H2. The van der Waals surface area contributed by atoms with Gasteiger partial charge in [-0.15, -0.1) is 0 Å². The number of hydrogen-bond donors (Lipinski definition) is 0. The van der Waals surface area contributed by atoms with Crippen LogP contribution in [0.2, 0.25) is 5.15 Å². The molecular weight excluding hydrogens is 212 g/mol. The summed E-state index contributed by atoms with van der Waals surface area (Å²) in [6.45, 7) is 0. The number of aromatic nitrogens is 4. The van der Waals surface area contributed by atoms with E-state index < -0.39 is 0 Å². The van der Waals surface area contributed by atoms with Crippen LogP contribution in [0.15, 0.2) is 24.8 Å². The third-order valence-electron chi connectivity index (χ3n) is 2.70. The molecule has 0 amide bonds. The van der Waals surface area contributed by atoms with Gasteiger partial charge >= 0.3 is 0 Å². The van der Waals surface area contributed by atoms with Crippen molar-refractivity contribution in [2.45, 2.75) is 18.9 Å². The van der Waals surface area contributed by atoms with Crippen molar-refractivity contribution in [3.05, 3.63) is 30.0 Å². The SMILES string of the molecule is Clc1ncnc2ncn(C3CC=CC3)c12. The van der Waals surface area contributed by atoms with E-state index in [1.807, 2.05) is 0 Å². The van der Waals surface area contributed by atoms with E-state index >= 15 is 0 Å². The van der Waals surface area contributed by atoms with Gasteiger partial charge < -0.3 is 4.57 Å². The predicted molar refractivity (Wildman–Crippen MR) is 57.7 cm³/mol. The summed E-state index contributed by atoms with van der Waals surface area (Å²) in [4.78, 5) is 12.3. The lowest BCUT2D eigenvalue weighted by atomic mass is 10.2. The summed E-state index contributed by atoms with van der Waals surface area (Å²) in [5.41, 5.74) is 1.51. The number of rotatable bonds is 1. The molecule has 0 saturated carbocycles. The van der Waals surface area contributed by atoms with Gasteiger partial charge in [0, 0.05) is 6.04 Å². The largest absolute Gasteiger partial charge is 0.323 e. The summed E-state index contributed by atoms with van der Waals surface area (Å²) in [7, 11) is 0. The van der Waals surface area contributed by atoms with Crippen LogP contribution in [-0.2, 0) is 0 Å². The van der Waals surface area contributed by atoms with E-state index in [-0.39, 0.29) is 0 Å². The highest BCUT2D eigenvalue weighted by molar-refractivity contribution is 6.33. The van der Waals surface area contributed by atoms with E-state index in [0.717, 1.165) is 18.4 Å². The molecule has 0 N–H and O–H groups in total. The monoisotopic (exact) mass is 220 g/mol. The highest BCUT2D eigenvalue weighted by Crippen LogP contribution is 2.29. The van der Waals surface area contributed by atoms with Crippen LogP contribution < -0.4 is 0 Å². The zero-order valence-corrected chi connectivity index (χ0v) is 8.72. The first-order chi connectivity index (χ1) is 7.36. The van der Waals surface area contributed by atoms with E-state index in [1.54, 1.807) is 6.33 Å². The van der Waals surface area contributed by atoms with Gasteiger partial charge in [0.15, 0.2) is 10.8 Å². The van der Waals surface area contributed by atoms with Gasteiger partial charge in [-0.05, 0) is 12.8 Å². The van der Waals surface area contributed by atoms with Crippen LogP contribution in [0.25, 0.3) is 11.2 Å². The van der Waals surface area contributed by atoms with Crippen molar-refractivity contribution in [1.82, 2.24) is 19.5 Å². The van der Waals surface area contributed by atoms with E-state index in [1.165, 1.54) is 6.33 Å². The number of nitrogens with zero attached hydrogens (tertiary/aromatic N) is 4. The summed E-state index contributed by atoms with van der Waals surface area (Å²) < 4.78 is 2.07. The third kappa shape index (κ3) is 1.33. The average molecular weight is 221 g/mol. The number of allylic oxidation sites excluding steroid dienone is 2. The molecule has 1 aliphatic rings. The third-order valence-corrected chi connectivity index (χ3v) is 2.97. The molecular formula is C10H9ClN4.